The smallest absolute Gasteiger partial charge is 0.336 e. The van der Waals surface area contributed by atoms with E-state index in [0.29, 0.717) is 30.1 Å². The lowest BCUT2D eigenvalue weighted by molar-refractivity contribution is -0.259. The van der Waals surface area contributed by atoms with E-state index in [1.54, 1.807) is 0 Å². The molecule has 0 bridgehead atoms. The number of hydrogen-bond donors (Lipinski definition) is 2. The Morgan fingerprint density at radius 1 is 0.826 bits per heavy atom. The summed E-state index contributed by atoms with van der Waals surface area (Å²) in [7, 11) is 0. The molecule has 0 aromatic heterocycles. The van der Waals surface area contributed by atoms with Crippen LogP contribution in [0.3, 0.4) is 0 Å². The van der Waals surface area contributed by atoms with E-state index in [9.17, 15) is 14.4 Å². The highest BCUT2D eigenvalue weighted by Crippen LogP contribution is 2.76. The fraction of sp³-hybridized carbons (Fsp3) is 0.816. The van der Waals surface area contributed by atoms with Crippen LogP contribution in [0.4, 0.5) is 0 Å². The molecule has 2 N–H and O–H groups in total. The van der Waals surface area contributed by atoms with E-state index in [1.165, 1.54) is 5.57 Å². The van der Waals surface area contributed by atoms with Gasteiger partial charge in [-0.15, -0.1) is 0 Å². The van der Waals surface area contributed by atoms with Crippen molar-refractivity contribution in [2.75, 3.05) is 6.61 Å². The lowest BCUT2D eigenvalue weighted by Gasteiger charge is -2.72. The van der Waals surface area contributed by atoms with Crippen LogP contribution in [0.25, 0.3) is 0 Å². The molecule has 0 saturated heterocycles. The van der Waals surface area contributed by atoms with Crippen molar-refractivity contribution in [1.29, 1.82) is 0 Å². The molecule has 0 heterocycles. The Kier molecular flexibility index (Phi) is 9.44. The quantitative estimate of drug-likeness (QED) is 0.0806. The van der Waals surface area contributed by atoms with Gasteiger partial charge in [0.15, 0.2) is 0 Å². The Balaban J connectivity index is 1.40. The van der Waals surface area contributed by atoms with Crippen LogP contribution in [-0.4, -0.2) is 46.6 Å². The lowest BCUT2D eigenvalue weighted by Crippen LogP contribution is -2.67. The molecule has 5 rings (SSSR count). The van der Waals surface area contributed by atoms with Crippen molar-refractivity contribution in [3.8, 4) is 0 Å². The predicted octanol–water partition coefficient (Wildman–Crippen LogP) is 8.15. The van der Waals surface area contributed by atoms with Crippen molar-refractivity contribution in [1.82, 2.24) is 0 Å². The number of ether oxygens (including phenoxy) is 2. The van der Waals surface area contributed by atoms with E-state index in [4.69, 9.17) is 19.8 Å². The van der Waals surface area contributed by atoms with E-state index in [0.717, 1.165) is 64.2 Å². The average molecular weight is 643 g/mol. The largest absolute Gasteiger partial charge is 0.481 e. The number of carbonyl (C=O) groups excluding carboxylic acids is 2. The van der Waals surface area contributed by atoms with Crippen molar-refractivity contribution in [2.45, 2.75) is 137 Å². The highest BCUT2D eigenvalue weighted by atomic mass is 17.1. The van der Waals surface area contributed by atoms with E-state index in [-0.39, 0.29) is 64.7 Å². The van der Waals surface area contributed by atoms with Gasteiger partial charge in [0.05, 0.1) is 5.57 Å². The topological polar surface area (TPSA) is 119 Å². The van der Waals surface area contributed by atoms with Crippen LogP contribution < -0.4 is 0 Å². The zero-order valence-corrected chi connectivity index (χ0v) is 29.1. The molecule has 0 aromatic carbocycles. The predicted molar refractivity (Wildman–Crippen MR) is 174 cm³/mol. The highest BCUT2D eigenvalue weighted by Gasteiger charge is 2.71. The molecule has 7 unspecified atom stereocenters. The molecule has 5 fully saturated rings. The van der Waals surface area contributed by atoms with Gasteiger partial charge in [-0.3, -0.25) is 14.8 Å². The first-order chi connectivity index (χ1) is 21.5. The van der Waals surface area contributed by atoms with E-state index in [2.05, 4.69) is 59.6 Å². The maximum Gasteiger partial charge on any atom is 0.336 e. The molecule has 8 heteroatoms. The van der Waals surface area contributed by atoms with Crippen molar-refractivity contribution in [2.24, 2.45) is 51.2 Å². The third-order valence-corrected chi connectivity index (χ3v) is 14.8. The maximum absolute atomic E-state index is 13.2. The van der Waals surface area contributed by atoms with Gasteiger partial charge in [-0.25, -0.2) is 9.68 Å². The third-order valence-electron chi connectivity index (χ3n) is 14.8. The summed E-state index contributed by atoms with van der Waals surface area (Å²) in [6.07, 6.45) is 10.2. The zero-order valence-electron chi connectivity index (χ0n) is 29.1. The molecule has 0 aliphatic heterocycles. The van der Waals surface area contributed by atoms with Gasteiger partial charge in [-0.05, 0) is 117 Å². The van der Waals surface area contributed by atoms with Crippen LogP contribution >= 0.6 is 0 Å². The molecule has 0 amide bonds. The van der Waals surface area contributed by atoms with Gasteiger partial charge >= 0.3 is 17.9 Å². The van der Waals surface area contributed by atoms with Crippen molar-refractivity contribution >= 4 is 17.9 Å². The molecule has 0 aromatic rings. The highest BCUT2D eigenvalue weighted by molar-refractivity contribution is 5.88. The van der Waals surface area contributed by atoms with Gasteiger partial charge in [-0.1, -0.05) is 53.3 Å². The molecule has 258 valence electrons. The number of carboxylic acid groups (broad SMARTS) is 1. The Morgan fingerprint density at radius 2 is 1.54 bits per heavy atom. The molecule has 10 atom stereocenters. The molecule has 46 heavy (non-hydrogen) atoms. The fourth-order valence-corrected chi connectivity index (χ4v) is 12.5. The normalized spacial score (nSPS) is 42.4. The van der Waals surface area contributed by atoms with Crippen molar-refractivity contribution in [3.63, 3.8) is 0 Å². The van der Waals surface area contributed by atoms with Gasteiger partial charge in [0.2, 0.25) is 0 Å². The van der Waals surface area contributed by atoms with Crippen LogP contribution in [0.2, 0.25) is 0 Å². The van der Waals surface area contributed by atoms with Gasteiger partial charge in [0.25, 0.3) is 0 Å². The summed E-state index contributed by atoms with van der Waals surface area (Å²) < 4.78 is 12.5. The minimum Gasteiger partial charge on any atom is -0.481 e. The van der Waals surface area contributed by atoms with E-state index in [1.807, 2.05) is 0 Å². The van der Waals surface area contributed by atoms with Crippen molar-refractivity contribution < 1.29 is 39.1 Å². The summed E-state index contributed by atoms with van der Waals surface area (Å²) in [5.41, 5.74) is 0.905. The van der Waals surface area contributed by atoms with Crippen molar-refractivity contribution in [3.05, 3.63) is 24.3 Å². The summed E-state index contributed by atoms with van der Waals surface area (Å²) >= 11 is 0. The Bertz CT molecular complexity index is 1250. The van der Waals surface area contributed by atoms with Gasteiger partial charge in [0, 0.05) is 24.2 Å². The maximum atomic E-state index is 13.2. The van der Waals surface area contributed by atoms with E-state index < -0.39 is 17.5 Å². The van der Waals surface area contributed by atoms with Crippen LogP contribution in [0.15, 0.2) is 24.3 Å². The first-order valence-corrected chi connectivity index (χ1v) is 17.7. The molecule has 5 aliphatic carbocycles. The molecule has 0 spiro atoms. The SMILES string of the molecule is C=C(COO)C(=O)OC1CC[C@@]2(C)C(CC[C@]3(C)C2CCC2C4C(C(=C)C)CCC4(OC(=O)CCCC(=O)O)CC[C@@]23C)C1(C)C. The molecule has 8 nitrogen and oxygen atoms in total. The second kappa shape index (κ2) is 12.4. The minimum absolute atomic E-state index is 0.0198. The number of carbonyl (C=O) groups is 3. The summed E-state index contributed by atoms with van der Waals surface area (Å²) in [6.45, 7) is 22.2. The number of rotatable bonds is 10. The number of esters is 2. The minimum atomic E-state index is -0.883. The molecular formula is C38H58O8. The van der Waals surface area contributed by atoms with Crippen LogP contribution in [0.1, 0.15) is 125 Å². The number of hydrogen-bond acceptors (Lipinski definition) is 7. The first-order valence-electron chi connectivity index (χ1n) is 17.7. The summed E-state index contributed by atoms with van der Waals surface area (Å²) in [5.74, 6) is 0.269. The number of fused-ring (bicyclic) bond motifs is 7. The molecule has 5 aliphatic rings. The summed E-state index contributed by atoms with van der Waals surface area (Å²) in [6, 6.07) is 0. The fourth-order valence-electron chi connectivity index (χ4n) is 12.5. The monoisotopic (exact) mass is 642 g/mol. The Morgan fingerprint density at radius 3 is 2.20 bits per heavy atom. The third kappa shape index (κ3) is 5.47. The number of aliphatic carboxylic acids is 1. The van der Waals surface area contributed by atoms with Crippen LogP contribution in [0.5, 0.6) is 0 Å². The second-order valence-corrected chi connectivity index (χ2v) is 17.1. The molecule has 0 radical (unpaired) electrons. The standard InChI is InChI=1S/C38H58O8/c1-23(2)25-14-19-38(46-31(41)11-9-10-30(39)40)21-20-36(7)26(32(25)38)12-13-28-35(6)17-16-29(45-33(42)24(3)22-44-43)34(4,5)27(35)15-18-37(28,36)8/h25-29,32,43H,1,3,9-22H2,2,4-8H3,(H,39,40)/t25?,26?,27?,28?,29?,32?,35-,36-,37+,38?/m0/s1. The average Bonchev–Trinajstić information content (AvgIpc) is 3.34. The second-order valence-electron chi connectivity index (χ2n) is 17.1. The number of carboxylic acids is 1. The van der Waals surface area contributed by atoms with Crippen LogP contribution in [0, 0.1) is 51.2 Å². The summed E-state index contributed by atoms with van der Waals surface area (Å²) in [5, 5.41) is 17.9. The lowest BCUT2D eigenvalue weighted by atomic mass is 9.33. The first kappa shape index (κ1) is 35.1. The van der Waals surface area contributed by atoms with E-state index >= 15 is 0 Å². The van der Waals surface area contributed by atoms with Gasteiger partial charge < -0.3 is 14.6 Å². The van der Waals surface area contributed by atoms with Crippen LogP contribution in [-0.2, 0) is 28.7 Å². The van der Waals surface area contributed by atoms with Gasteiger partial charge in [-0.2, -0.15) is 0 Å². The molecular weight excluding hydrogens is 584 g/mol. The zero-order chi connectivity index (χ0) is 33.9. The van der Waals surface area contributed by atoms with Gasteiger partial charge in [0.1, 0.15) is 18.3 Å². The Labute approximate surface area is 275 Å². The molecule has 5 saturated carbocycles. The number of allylic oxidation sites excluding steroid dienone is 1. The Hall–Kier alpha value is -2.19. The summed E-state index contributed by atoms with van der Waals surface area (Å²) in [4.78, 5) is 41.1.